The Morgan fingerprint density at radius 2 is 2.00 bits per heavy atom. The zero-order valence-corrected chi connectivity index (χ0v) is 18.0. The van der Waals surface area contributed by atoms with Crippen LogP contribution in [-0.2, 0) is 4.79 Å². The number of rotatable bonds is 5. The number of ketones is 1. The van der Waals surface area contributed by atoms with Gasteiger partial charge in [-0.15, -0.1) is 0 Å². The molecule has 0 fully saturated rings. The second-order valence-electron chi connectivity index (χ2n) is 8.09. The number of nitrogens with zero attached hydrogens (tertiary/aromatic N) is 1. The summed E-state index contributed by atoms with van der Waals surface area (Å²) in [4.78, 5) is 29.6. The van der Waals surface area contributed by atoms with E-state index < -0.39 is 0 Å². The zero-order chi connectivity index (χ0) is 22.9. The summed E-state index contributed by atoms with van der Waals surface area (Å²) in [5.41, 5.74) is 3.57. The van der Waals surface area contributed by atoms with Gasteiger partial charge in [0.2, 0.25) is 5.78 Å². The Bertz CT molecular complexity index is 1310. The maximum Gasteiger partial charge on any atom is 0.312 e. The van der Waals surface area contributed by atoms with E-state index in [1.807, 2.05) is 37.3 Å². The van der Waals surface area contributed by atoms with E-state index in [9.17, 15) is 9.59 Å². The molecule has 0 saturated heterocycles. The van der Waals surface area contributed by atoms with Gasteiger partial charge in [-0.2, -0.15) is 0 Å². The van der Waals surface area contributed by atoms with Gasteiger partial charge in [-0.3, -0.25) is 14.6 Å². The summed E-state index contributed by atoms with van der Waals surface area (Å²) < 4.78 is 17.6. The molecule has 3 heterocycles. The predicted molar refractivity (Wildman–Crippen MR) is 122 cm³/mol. The lowest BCUT2D eigenvalue weighted by atomic mass is 9.84. The fourth-order valence-electron chi connectivity index (χ4n) is 4.09. The van der Waals surface area contributed by atoms with Gasteiger partial charge in [0.05, 0.1) is 12.0 Å². The lowest BCUT2D eigenvalue weighted by Gasteiger charge is -2.27. The predicted octanol–water partition coefficient (Wildman–Crippen LogP) is 5.09. The van der Waals surface area contributed by atoms with E-state index in [4.69, 9.17) is 14.2 Å². The number of para-hydroxylation sites is 1. The number of allylic oxidation sites excluding steroid dienone is 1. The molecule has 0 amide bonds. The van der Waals surface area contributed by atoms with Crippen LogP contribution in [0.4, 0.5) is 0 Å². The summed E-state index contributed by atoms with van der Waals surface area (Å²) in [6, 6.07) is 14.5. The quantitative estimate of drug-likeness (QED) is 0.239. The molecule has 0 aliphatic carbocycles. The summed E-state index contributed by atoms with van der Waals surface area (Å²) >= 11 is 0. The lowest BCUT2D eigenvalue weighted by molar-refractivity contribution is -0.135. The van der Waals surface area contributed by atoms with Crippen molar-refractivity contribution in [1.82, 2.24) is 4.98 Å². The van der Waals surface area contributed by atoms with E-state index >= 15 is 0 Å². The third kappa shape index (κ3) is 3.91. The van der Waals surface area contributed by atoms with Crippen LogP contribution in [0.1, 0.15) is 46.3 Å². The number of benzene rings is 2. The van der Waals surface area contributed by atoms with Gasteiger partial charge in [0.15, 0.2) is 5.76 Å². The first-order valence-corrected chi connectivity index (χ1v) is 10.6. The molecule has 0 saturated carbocycles. The first kappa shape index (κ1) is 20.7. The van der Waals surface area contributed by atoms with Crippen LogP contribution in [0.15, 0.2) is 78.8 Å². The van der Waals surface area contributed by atoms with Gasteiger partial charge in [0.1, 0.15) is 23.9 Å². The van der Waals surface area contributed by atoms with Gasteiger partial charge in [0, 0.05) is 29.4 Å². The minimum Gasteiger partial charge on any atom is -0.489 e. The number of carbonyl (C=O) groups is 2. The van der Waals surface area contributed by atoms with Crippen LogP contribution in [0.25, 0.3) is 6.08 Å². The molecule has 33 heavy (non-hydrogen) atoms. The van der Waals surface area contributed by atoms with Crippen molar-refractivity contribution < 1.29 is 23.8 Å². The SMILES string of the molecule is C=C(C)COc1ccccc1C1CC(=O)Oc2ccc3c(c21)O/C(=C\c1cccnc1)C3=O. The van der Waals surface area contributed by atoms with Crippen LogP contribution in [0.5, 0.6) is 17.2 Å². The summed E-state index contributed by atoms with van der Waals surface area (Å²) in [7, 11) is 0. The van der Waals surface area contributed by atoms with Crippen molar-refractivity contribution in [1.29, 1.82) is 0 Å². The van der Waals surface area contributed by atoms with Gasteiger partial charge in [0.25, 0.3) is 0 Å². The minimum absolute atomic E-state index is 0.107. The molecule has 0 radical (unpaired) electrons. The lowest BCUT2D eigenvalue weighted by Crippen LogP contribution is -2.22. The van der Waals surface area contributed by atoms with E-state index in [1.54, 1.807) is 36.7 Å². The van der Waals surface area contributed by atoms with Gasteiger partial charge >= 0.3 is 5.97 Å². The molecule has 0 spiro atoms. The van der Waals surface area contributed by atoms with Crippen molar-refractivity contribution in [2.24, 2.45) is 0 Å². The smallest absolute Gasteiger partial charge is 0.312 e. The Morgan fingerprint density at radius 3 is 2.79 bits per heavy atom. The highest BCUT2D eigenvalue weighted by Gasteiger charge is 2.39. The molecule has 5 rings (SSSR count). The first-order valence-electron chi connectivity index (χ1n) is 10.6. The fraction of sp³-hybridized carbons (Fsp3) is 0.148. The average molecular weight is 439 g/mol. The monoisotopic (exact) mass is 439 g/mol. The zero-order valence-electron chi connectivity index (χ0n) is 18.0. The van der Waals surface area contributed by atoms with Crippen LogP contribution in [0, 0.1) is 0 Å². The molecular weight excluding hydrogens is 418 g/mol. The second kappa shape index (κ2) is 8.39. The Morgan fingerprint density at radius 1 is 1.15 bits per heavy atom. The molecule has 6 nitrogen and oxygen atoms in total. The first-order chi connectivity index (χ1) is 16.0. The number of aromatic nitrogens is 1. The molecule has 2 aromatic carbocycles. The molecular formula is C27H21NO5. The molecule has 2 aliphatic heterocycles. The van der Waals surface area contributed by atoms with E-state index in [0.717, 1.165) is 16.7 Å². The van der Waals surface area contributed by atoms with E-state index in [1.165, 1.54) is 0 Å². The van der Waals surface area contributed by atoms with Crippen molar-refractivity contribution in [2.75, 3.05) is 6.61 Å². The Labute approximate surface area is 191 Å². The van der Waals surface area contributed by atoms with E-state index in [0.29, 0.717) is 35.0 Å². The van der Waals surface area contributed by atoms with Crippen LogP contribution < -0.4 is 14.2 Å². The molecule has 1 aromatic heterocycles. The summed E-state index contributed by atoms with van der Waals surface area (Å²) in [6.07, 6.45) is 5.09. The molecule has 2 aliphatic rings. The number of esters is 1. The molecule has 1 unspecified atom stereocenters. The largest absolute Gasteiger partial charge is 0.489 e. The van der Waals surface area contributed by atoms with E-state index in [2.05, 4.69) is 11.6 Å². The number of ether oxygens (including phenoxy) is 3. The molecule has 3 aromatic rings. The summed E-state index contributed by atoms with van der Waals surface area (Å²) in [6.45, 7) is 6.14. The van der Waals surface area contributed by atoms with Crippen molar-refractivity contribution >= 4 is 17.8 Å². The van der Waals surface area contributed by atoms with Crippen molar-refractivity contribution in [3.05, 3.63) is 101 Å². The number of hydrogen-bond donors (Lipinski definition) is 0. The molecule has 164 valence electrons. The Balaban J connectivity index is 1.60. The normalized spacial score (nSPS) is 17.7. The molecule has 0 N–H and O–H groups in total. The van der Waals surface area contributed by atoms with Crippen molar-refractivity contribution in [3.63, 3.8) is 0 Å². The molecule has 1 atom stereocenters. The van der Waals surface area contributed by atoms with Gasteiger partial charge in [-0.1, -0.05) is 30.8 Å². The number of hydrogen-bond acceptors (Lipinski definition) is 6. The van der Waals surface area contributed by atoms with Crippen LogP contribution in [0.3, 0.4) is 0 Å². The second-order valence-corrected chi connectivity index (χ2v) is 8.09. The summed E-state index contributed by atoms with van der Waals surface area (Å²) in [5.74, 6) is 0.702. The molecule has 6 heteroatoms. The van der Waals surface area contributed by atoms with Crippen molar-refractivity contribution in [2.45, 2.75) is 19.3 Å². The number of pyridine rings is 1. The van der Waals surface area contributed by atoms with Gasteiger partial charge in [-0.05, 0) is 48.4 Å². The maximum absolute atomic E-state index is 13.1. The van der Waals surface area contributed by atoms with Crippen LogP contribution in [-0.4, -0.2) is 23.3 Å². The van der Waals surface area contributed by atoms with Gasteiger partial charge in [-0.25, -0.2) is 0 Å². The van der Waals surface area contributed by atoms with E-state index in [-0.39, 0.29) is 29.9 Å². The Hall–Kier alpha value is -4.19. The topological polar surface area (TPSA) is 74.7 Å². The number of fused-ring (bicyclic) bond motifs is 3. The Kier molecular flexibility index (Phi) is 5.26. The average Bonchev–Trinajstić information content (AvgIpc) is 3.13. The minimum atomic E-state index is -0.386. The fourth-order valence-corrected chi connectivity index (χ4v) is 4.09. The van der Waals surface area contributed by atoms with Gasteiger partial charge < -0.3 is 14.2 Å². The third-order valence-electron chi connectivity index (χ3n) is 5.53. The number of carbonyl (C=O) groups excluding carboxylic acids is 2. The highest BCUT2D eigenvalue weighted by Crippen LogP contribution is 2.50. The summed E-state index contributed by atoms with van der Waals surface area (Å²) in [5, 5.41) is 0. The maximum atomic E-state index is 13.1. The van der Waals surface area contributed by atoms with Crippen LogP contribution >= 0.6 is 0 Å². The third-order valence-corrected chi connectivity index (χ3v) is 5.53. The highest BCUT2D eigenvalue weighted by molar-refractivity contribution is 6.15. The van der Waals surface area contributed by atoms with Crippen LogP contribution in [0.2, 0.25) is 0 Å². The number of Topliss-reactive ketones (excluding diaryl/α,β-unsaturated/α-hetero) is 1. The highest BCUT2D eigenvalue weighted by atomic mass is 16.5. The molecule has 0 bridgehead atoms. The standard InChI is InChI=1S/C27H21NO5/c1-16(2)15-31-21-8-4-3-7-18(21)20-13-24(29)32-22-10-9-19-26(30)23(33-27(19)25(20)22)12-17-6-5-11-28-14-17/h3-12,14,20H,1,13,15H2,2H3/b23-12-. The van der Waals surface area contributed by atoms with Crippen molar-refractivity contribution in [3.8, 4) is 17.2 Å².